The number of aromatic nitrogens is 2. The van der Waals surface area contributed by atoms with Crippen LogP contribution in [0.5, 0.6) is 0 Å². The highest BCUT2D eigenvalue weighted by Gasteiger charge is 2.18. The topological polar surface area (TPSA) is 104 Å². The number of anilines is 2. The fraction of sp³-hybridized carbons (Fsp3) is 0.250. The minimum Gasteiger partial charge on any atom is -0.326 e. The molecule has 0 radical (unpaired) electrons. The molecule has 0 spiro atoms. The maximum Gasteiger partial charge on any atom is 0.267 e. The highest BCUT2D eigenvalue weighted by atomic mass is 16.2. The summed E-state index contributed by atoms with van der Waals surface area (Å²) in [6.07, 6.45) is 4.38. The summed E-state index contributed by atoms with van der Waals surface area (Å²) in [7, 11) is 0. The molecule has 0 saturated carbocycles. The Kier molecular flexibility index (Phi) is 5.93. The number of hydrogen-bond donors (Lipinski definition) is 3. The molecule has 0 atom stereocenters. The van der Waals surface area contributed by atoms with E-state index in [1.54, 1.807) is 24.3 Å². The second-order valence-corrected chi connectivity index (χ2v) is 7.75. The number of amides is 2. The molecular formula is C24H24N4O3. The Labute approximate surface area is 179 Å². The van der Waals surface area contributed by atoms with Gasteiger partial charge in [0.25, 0.3) is 11.5 Å². The van der Waals surface area contributed by atoms with Crippen LogP contribution in [0.4, 0.5) is 11.4 Å². The smallest absolute Gasteiger partial charge is 0.267 e. The Balaban J connectivity index is 1.48. The van der Waals surface area contributed by atoms with Crippen molar-refractivity contribution in [3.05, 3.63) is 86.8 Å². The van der Waals surface area contributed by atoms with Gasteiger partial charge in [0, 0.05) is 35.8 Å². The number of benzene rings is 2. The van der Waals surface area contributed by atoms with Crippen molar-refractivity contribution in [3.8, 4) is 0 Å². The molecule has 7 nitrogen and oxygen atoms in total. The molecule has 0 fully saturated rings. The van der Waals surface area contributed by atoms with E-state index in [1.165, 1.54) is 6.92 Å². The van der Waals surface area contributed by atoms with Crippen molar-refractivity contribution >= 4 is 23.2 Å². The maximum atomic E-state index is 12.6. The van der Waals surface area contributed by atoms with Crippen LogP contribution in [-0.4, -0.2) is 22.0 Å². The molecule has 1 aliphatic carbocycles. The maximum absolute atomic E-state index is 12.6. The molecule has 0 bridgehead atoms. The lowest BCUT2D eigenvalue weighted by molar-refractivity contribution is -0.114. The monoisotopic (exact) mass is 416 g/mol. The van der Waals surface area contributed by atoms with Gasteiger partial charge in [-0.2, -0.15) is 5.10 Å². The van der Waals surface area contributed by atoms with Gasteiger partial charge in [-0.15, -0.1) is 0 Å². The van der Waals surface area contributed by atoms with Crippen LogP contribution in [0.15, 0.2) is 53.3 Å². The highest BCUT2D eigenvalue weighted by Crippen LogP contribution is 2.23. The van der Waals surface area contributed by atoms with E-state index in [-0.39, 0.29) is 17.4 Å². The molecule has 2 aromatic carbocycles. The second-order valence-electron chi connectivity index (χ2n) is 7.75. The van der Waals surface area contributed by atoms with Crippen LogP contribution in [0.3, 0.4) is 0 Å². The third kappa shape index (κ3) is 4.88. The fourth-order valence-corrected chi connectivity index (χ4v) is 3.94. The van der Waals surface area contributed by atoms with Crippen LogP contribution in [-0.2, 0) is 24.1 Å². The Hall–Kier alpha value is -3.74. The van der Waals surface area contributed by atoms with Gasteiger partial charge < -0.3 is 10.6 Å². The number of aromatic amines is 1. The van der Waals surface area contributed by atoms with E-state index in [2.05, 4.69) is 20.8 Å². The summed E-state index contributed by atoms with van der Waals surface area (Å²) in [6.45, 7) is 1.44. The van der Waals surface area contributed by atoms with Gasteiger partial charge in [0.05, 0.1) is 5.69 Å². The van der Waals surface area contributed by atoms with Crippen molar-refractivity contribution in [1.29, 1.82) is 0 Å². The quantitative estimate of drug-likeness (QED) is 0.593. The van der Waals surface area contributed by atoms with Crippen molar-refractivity contribution < 1.29 is 9.59 Å². The molecule has 3 aromatic rings. The van der Waals surface area contributed by atoms with E-state index in [9.17, 15) is 14.4 Å². The van der Waals surface area contributed by atoms with Gasteiger partial charge in [-0.25, -0.2) is 5.10 Å². The molecule has 1 heterocycles. The Morgan fingerprint density at radius 2 is 1.71 bits per heavy atom. The molecule has 1 aromatic heterocycles. The molecule has 1 aliphatic rings. The van der Waals surface area contributed by atoms with Gasteiger partial charge in [-0.1, -0.05) is 12.1 Å². The number of H-pyrrole nitrogens is 1. The molecular weight excluding hydrogens is 392 g/mol. The van der Waals surface area contributed by atoms with Gasteiger partial charge >= 0.3 is 0 Å². The lowest BCUT2D eigenvalue weighted by Gasteiger charge is -2.17. The van der Waals surface area contributed by atoms with E-state index in [0.717, 1.165) is 48.1 Å². The van der Waals surface area contributed by atoms with Crippen molar-refractivity contribution in [1.82, 2.24) is 10.2 Å². The van der Waals surface area contributed by atoms with Gasteiger partial charge in [0.1, 0.15) is 0 Å². The highest BCUT2D eigenvalue weighted by molar-refractivity contribution is 6.04. The number of fused-ring (bicyclic) bond motifs is 1. The van der Waals surface area contributed by atoms with Gasteiger partial charge in [0.15, 0.2) is 0 Å². The first-order chi connectivity index (χ1) is 15.0. The lowest BCUT2D eigenvalue weighted by Crippen LogP contribution is -2.23. The summed E-state index contributed by atoms with van der Waals surface area (Å²) in [4.78, 5) is 35.8. The molecule has 31 heavy (non-hydrogen) atoms. The molecule has 4 rings (SSSR count). The summed E-state index contributed by atoms with van der Waals surface area (Å²) < 4.78 is 0. The molecule has 7 heteroatoms. The van der Waals surface area contributed by atoms with Crippen molar-refractivity contribution in [2.24, 2.45) is 0 Å². The third-order valence-electron chi connectivity index (χ3n) is 5.41. The summed E-state index contributed by atoms with van der Waals surface area (Å²) >= 11 is 0. The first-order valence-corrected chi connectivity index (χ1v) is 10.4. The Morgan fingerprint density at radius 3 is 2.45 bits per heavy atom. The van der Waals surface area contributed by atoms with Crippen LogP contribution >= 0.6 is 0 Å². The zero-order valence-corrected chi connectivity index (χ0v) is 17.3. The second kappa shape index (κ2) is 8.95. The number of nitrogens with one attached hydrogen (secondary N) is 3. The molecule has 3 N–H and O–H groups in total. The number of nitrogens with zero attached hydrogens (tertiary/aromatic N) is 1. The SMILES string of the molecule is CC(=O)Nc1ccc(C(=O)Nc2cccc(Cc3n[nH]c(=O)c4c3CCCC4)c2)cc1. The Bertz CT molecular complexity index is 1180. The first kappa shape index (κ1) is 20.5. The van der Waals surface area contributed by atoms with Gasteiger partial charge in [-0.3, -0.25) is 14.4 Å². The molecule has 2 amide bonds. The molecule has 0 saturated heterocycles. The third-order valence-corrected chi connectivity index (χ3v) is 5.41. The van der Waals surface area contributed by atoms with E-state index < -0.39 is 0 Å². The predicted octanol–water partition coefficient (Wildman–Crippen LogP) is 3.45. The minimum absolute atomic E-state index is 0.0796. The van der Waals surface area contributed by atoms with Crippen LogP contribution in [0.1, 0.15) is 52.5 Å². The standard InChI is InChI=1S/C24H24N4O3/c1-15(29)25-18-11-9-17(10-12-18)23(30)26-19-6-4-5-16(13-19)14-22-20-7-2-3-8-21(20)24(31)28-27-22/h4-6,9-13H,2-3,7-8,14H2,1H3,(H,25,29)(H,26,30)(H,28,31). The van der Waals surface area contributed by atoms with Crippen molar-refractivity contribution in [2.45, 2.75) is 39.0 Å². The zero-order valence-electron chi connectivity index (χ0n) is 17.3. The molecule has 0 aliphatic heterocycles. The largest absolute Gasteiger partial charge is 0.326 e. The van der Waals surface area contributed by atoms with Crippen molar-refractivity contribution in [3.63, 3.8) is 0 Å². The molecule has 158 valence electrons. The predicted molar refractivity (Wildman–Crippen MR) is 119 cm³/mol. The zero-order chi connectivity index (χ0) is 21.8. The van der Waals surface area contributed by atoms with E-state index in [4.69, 9.17) is 0 Å². The number of carbonyl (C=O) groups is 2. The van der Waals surface area contributed by atoms with Crippen LogP contribution < -0.4 is 16.2 Å². The normalized spacial score (nSPS) is 12.7. The summed E-state index contributed by atoms with van der Waals surface area (Å²) in [6, 6.07) is 14.4. The van der Waals surface area contributed by atoms with Crippen LogP contribution in [0, 0.1) is 0 Å². The number of carbonyl (C=O) groups excluding carboxylic acids is 2. The van der Waals surface area contributed by atoms with E-state index >= 15 is 0 Å². The van der Waals surface area contributed by atoms with Crippen molar-refractivity contribution in [2.75, 3.05) is 10.6 Å². The first-order valence-electron chi connectivity index (χ1n) is 10.4. The molecule has 0 unspecified atom stereocenters. The number of rotatable bonds is 5. The van der Waals surface area contributed by atoms with E-state index in [0.29, 0.717) is 23.4 Å². The fourth-order valence-electron chi connectivity index (χ4n) is 3.94. The lowest BCUT2D eigenvalue weighted by atomic mass is 9.90. The van der Waals surface area contributed by atoms with Crippen LogP contribution in [0.2, 0.25) is 0 Å². The summed E-state index contributed by atoms with van der Waals surface area (Å²) in [5.74, 6) is -0.390. The Morgan fingerprint density at radius 1 is 0.968 bits per heavy atom. The number of hydrogen-bond acceptors (Lipinski definition) is 4. The van der Waals surface area contributed by atoms with Crippen LogP contribution in [0.25, 0.3) is 0 Å². The van der Waals surface area contributed by atoms with E-state index in [1.807, 2.05) is 24.3 Å². The minimum atomic E-state index is -0.230. The average molecular weight is 416 g/mol. The summed E-state index contributed by atoms with van der Waals surface area (Å²) in [5.41, 5.74) is 5.58. The average Bonchev–Trinajstić information content (AvgIpc) is 2.76. The van der Waals surface area contributed by atoms with Gasteiger partial charge in [0.2, 0.25) is 5.91 Å². The van der Waals surface area contributed by atoms with Gasteiger partial charge in [-0.05, 0) is 73.2 Å². The summed E-state index contributed by atoms with van der Waals surface area (Å²) in [5, 5.41) is 12.5.